The largest absolute Gasteiger partial charge is 0.491 e. The molecule has 2 aromatic heterocycles. The van der Waals surface area contributed by atoms with Crippen molar-refractivity contribution in [1.29, 1.82) is 5.26 Å². The number of hydrogen-bond donors (Lipinski definition) is 1. The molecular formula is C20H17N3O4. The van der Waals surface area contributed by atoms with Gasteiger partial charge in [0.15, 0.2) is 5.76 Å². The van der Waals surface area contributed by atoms with Gasteiger partial charge in [0.1, 0.15) is 6.10 Å². The van der Waals surface area contributed by atoms with Gasteiger partial charge >= 0.3 is 0 Å². The number of pyridine rings is 1. The minimum Gasteiger partial charge on any atom is -0.491 e. The zero-order valence-electron chi connectivity index (χ0n) is 14.4. The number of aromatic hydroxyl groups is 1. The van der Waals surface area contributed by atoms with Gasteiger partial charge in [0.25, 0.3) is 5.88 Å². The third-order valence-electron chi connectivity index (χ3n) is 4.40. The van der Waals surface area contributed by atoms with Gasteiger partial charge in [-0.15, -0.1) is 0 Å². The van der Waals surface area contributed by atoms with Gasteiger partial charge in [0, 0.05) is 36.7 Å². The Labute approximate surface area is 155 Å². The molecule has 0 saturated heterocycles. The maximum Gasteiger partial charge on any atom is 0.252 e. The summed E-state index contributed by atoms with van der Waals surface area (Å²) in [6, 6.07) is 14.5. The summed E-state index contributed by atoms with van der Waals surface area (Å²) in [6.07, 6.45) is 3.45. The fourth-order valence-corrected chi connectivity index (χ4v) is 2.86. The smallest absolute Gasteiger partial charge is 0.252 e. The first-order chi connectivity index (χ1) is 13.2. The van der Waals surface area contributed by atoms with Gasteiger partial charge in [0.05, 0.1) is 24.3 Å². The molecule has 0 bridgehead atoms. The van der Waals surface area contributed by atoms with E-state index >= 15 is 0 Å². The van der Waals surface area contributed by atoms with Crippen molar-refractivity contribution in [2.24, 2.45) is 0 Å². The Morgan fingerprint density at radius 2 is 2.07 bits per heavy atom. The Balaban J connectivity index is 1.24. The summed E-state index contributed by atoms with van der Waals surface area (Å²) < 4.78 is 16.7. The van der Waals surface area contributed by atoms with Crippen LogP contribution in [0.25, 0.3) is 11.3 Å². The normalized spacial score (nSPS) is 18.5. The standard InChI is InChI=1S/C20H17N3O4/c21-10-13-2-1-3-14(6-13)12-25-16-7-17(8-16)26-20-5-4-15(11-22-20)18-9-19(24)23-27-18/h1-6,9,11,16-17H,7-8,12H2,(H,23,24)/t16-,17+. The molecule has 7 heteroatoms. The van der Waals surface area contributed by atoms with Crippen molar-refractivity contribution in [3.8, 4) is 29.2 Å². The third kappa shape index (κ3) is 4.07. The first-order valence-corrected chi connectivity index (χ1v) is 8.59. The van der Waals surface area contributed by atoms with Crippen LogP contribution in [0.15, 0.2) is 53.2 Å². The highest BCUT2D eigenvalue weighted by Crippen LogP contribution is 2.29. The lowest BCUT2D eigenvalue weighted by atomic mass is 9.92. The summed E-state index contributed by atoms with van der Waals surface area (Å²) in [7, 11) is 0. The number of hydrogen-bond acceptors (Lipinski definition) is 7. The van der Waals surface area contributed by atoms with Crippen LogP contribution < -0.4 is 4.74 Å². The molecule has 0 aliphatic heterocycles. The quantitative estimate of drug-likeness (QED) is 0.716. The molecule has 1 aromatic carbocycles. The molecule has 0 amide bonds. The first-order valence-electron chi connectivity index (χ1n) is 8.59. The zero-order valence-corrected chi connectivity index (χ0v) is 14.4. The fraction of sp³-hybridized carbons (Fsp3) is 0.250. The van der Waals surface area contributed by atoms with Crippen LogP contribution >= 0.6 is 0 Å². The average Bonchev–Trinajstić information content (AvgIpc) is 3.10. The van der Waals surface area contributed by atoms with Gasteiger partial charge in [-0.05, 0) is 28.9 Å². The summed E-state index contributed by atoms with van der Waals surface area (Å²) in [5.74, 6) is 0.821. The van der Waals surface area contributed by atoms with Gasteiger partial charge in [-0.1, -0.05) is 12.1 Å². The van der Waals surface area contributed by atoms with E-state index in [0.29, 0.717) is 29.4 Å². The highest BCUT2D eigenvalue weighted by atomic mass is 16.5. The Morgan fingerprint density at radius 3 is 2.78 bits per heavy atom. The number of aromatic nitrogens is 2. The number of benzene rings is 1. The van der Waals surface area contributed by atoms with Crippen LogP contribution in [0.1, 0.15) is 24.0 Å². The Bertz CT molecular complexity index is 956. The molecule has 1 N–H and O–H groups in total. The van der Waals surface area contributed by atoms with E-state index in [0.717, 1.165) is 18.4 Å². The minimum absolute atomic E-state index is 0.0770. The maximum absolute atomic E-state index is 9.22. The molecular weight excluding hydrogens is 346 g/mol. The SMILES string of the molecule is N#Cc1cccc(CO[C@H]2C[C@@H](Oc3ccc(-c4cc(O)no4)cn3)C2)c1. The van der Waals surface area contributed by atoms with Gasteiger partial charge < -0.3 is 19.1 Å². The lowest BCUT2D eigenvalue weighted by Crippen LogP contribution is -2.39. The average molecular weight is 363 g/mol. The van der Waals surface area contributed by atoms with Crippen LogP contribution in [0.5, 0.6) is 11.8 Å². The van der Waals surface area contributed by atoms with Crippen LogP contribution in [-0.4, -0.2) is 27.5 Å². The molecule has 7 nitrogen and oxygen atoms in total. The van der Waals surface area contributed by atoms with E-state index < -0.39 is 0 Å². The number of rotatable bonds is 6. The highest BCUT2D eigenvalue weighted by Gasteiger charge is 2.32. The van der Waals surface area contributed by atoms with Crippen molar-refractivity contribution in [2.75, 3.05) is 0 Å². The molecule has 2 heterocycles. The van der Waals surface area contributed by atoms with Crippen LogP contribution in [0.2, 0.25) is 0 Å². The topological polar surface area (TPSA) is 101 Å². The summed E-state index contributed by atoms with van der Waals surface area (Å²) in [5, 5.41) is 21.6. The second kappa shape index (κ2) is 7.48. The maximum atomic E-state index is 9.22. The lowest BCUT2D eigenvalue weighted by Gasteiger charge is -2.34. The van der Waals surface area contributed by atoms with Crippen molar-refractivity contribution in [1.82, 2.24) is 10.1 Å². The van der Waals surface area contributed by atoms with E-state index in [4.69, 9.17) is 19.3 Å². The van der Waals surface area contributed by atoms with Crippen molar-refractivity contribution in [3.63, 3.8) is 0 Å². The van der Waals surface area contributed by atoms with E-state index in [2.05, 4.69) is 16.2 Å². The van der Waals surface area contributed by atoms with Crippen molar-refractivity contribution >= 4 is 0 Å². The summed E-state index contributed by atoms with van der Waals surface area (Å²) in [4.78, 5) is 4.26. The molecule has 0 spiro atoms. The van der Waals surface area contributed by atoms with E-state index in [-0.39, 0.29) is 18.1 Å². The highest BCUT2D eigenvalue weighted by molar-refractivity contribution is 5.57. The molecule has 1 fully saturated rings. The number of nitrogens with zero attached hydrogens (tertiary/aromatic N) is 3. The molecule has 3 aromatic rings. The van der Waals surface area contributed by atoms with E-state index in [1.807, 2.05) is 18.2 Å². The molecule has 1 aliphatic carbocycles. The molecule has 0 atom stereocenters. The molecule has 1 aliphatic rings. The number of ether oxygens (including phenoxy) is 2. The van der Waals surface area contributed by atoms with Crippen LogP contribution in [0.4, 0.5) is 0 Å². The van der Waals surface area contributed by atoms with E-state index in [1.165, 1.54) is 6.07 Å². The predicted molar refractivity (Wildman–Crippen MR) is 94.8 cm³/mol. The van der Waals surface area contributed by atoms with Gasteiger partial charge in [0.2, 0.25) is 5.88 Å². The predicted octanol–water partition coefficient (Wildman–Crippen LogP) is 3.44. The third-order valence-corrected chi connectivity index (χ3v) is 4.40. The number of nitriles is 1. The van der Waals surface area contributed by atoms with Crippen LogP contribution in [0, 0.1) is 11.3 Å². The van der Waals surface area contributed by atoms with Crippen molar-refractivity contribution in [3.05, 3.63) is 59.8 Å². The lowest BCUT2D eigenvalue weighted by molar-refractivity contribution is -0.0695. The second-order valence-corrected chi connectivity index (χ2v) is 6.39. The second-order valence-electron chi connectivity index (χ2n) is 6.39. The van der Waals surface area contributed by atoms with Gasteiger partial charge in [-0.25, -0.2) is 4.98 Å². The van der Waals surface area contributed by atoms with Crippen molar-refractivity contribution < 1.29 is 19.1 Å². The van der Waals surface area contributed by atoms with Crippen molar-refractivity contribution in [2.45, 2.75) is 31.7 Å². The Hall–Kier alpha value is -3.37. The molecule has 4 rings (SSSR count). The molecule has 1 saturated carbocycles. The van der Waals surface area contributed by atoms with Crippen LogP contribution in [-0.2, 0) is 11.3 Å². The first kappa shape index (κ1) is 17.1. The Kier molecular flexibility index (Phi) is 4.73. The van der Waals surface area contributed by atoms with E-state index in [9.17, 15) is 5.11 Å². The summed E-state index contributed by atoms with van der Waals surface area (Å²) in [6.45, 7) is 0.490. The molecule has 0 unspecified atom stereocenters. The molecule has 0 radical (unpaired) electrons. The summed E-state index contributed by atoms with van der Waals surface area (Å²) in [5.41, 5.74) is 2.35. The fourth-order valence-electron chi connectivity index (χ4n) is 2.86. The molecule has 27 heavy (non-hydrogen) atoms. The Morgan fingerprint density at radius 1 is 1.19 bits per heavy atom. The summed E-state index contributed by atoms with van der Waals surface area (Å²) >= 11 is 0. The van der Waals surface area contributed by atoms with Gasteiger partial charge in [-0.2, -0.15) is 5.26 Å². The van der Waals surface area contributed by atoms with E-state index in [1.54, 1.807) is 24.4 Å². The van der Waals surface area contributed by atoms with Crippen LogP contribution in [0.3, 0.4) is 0 Å². The zero-order chi connectivity index (χ0) is 18.6. The molecule has 136 valence electrons. The monoisotopic (exact) mass is 363 g/mol. The van der Waals surface area contributed by atoms with Gasteiger partial charge in [-0.3, -0.25) is 0 Å². The minimum atomic E-state index is -0.162.